The Kier molecular flexibility index (Phi) is 3.15. The zero-order valence-electron chi connectivity index (χ0n) is 10.2. The summed E-state index contributed by atoms with van der Waals surface area (Å²) in [5, 5.41) is 4.73. The van der Waals surface area contributed by atoms with E-state index in [0.29, 0.717) is 15.7 Å². The lowest BCUT2D eigenvalue weighted by atomic mass is 10.3. The molecule has 0 fully saturated rings. The summed E-state index contributed by atoms with van der Waals surface area (Å²) in [7, 11) is -2.02. The Balaban J connectivity index is 1.96. The second-order valence-electron chi connectivity index (χ2n) is 4.09. The van der Waals surface area contributed by atoms with Crippen LogP contribution in [0.1, 0.15) is 0 Å². The van der Waals surface area contributed by atoms with Crippen LogP contribution in [0.15, 0.2) is 35.5 Å². The highest BCUT2D eigenvalue weighted by Crippen LogP contribution is 2.29. The summed E-state index contributed by atoms with van der Waals surface area (Å²) in [5.74, 6) is 0. The fraction of sp³-hybridized carbons (Fsp3) is 0.0909. The van der Waals surface area contributed by atoms with Crippen LogP contribution in [0.5, 0.6) is 0 Å². The number of halogens is 1. The Morgan fingerprint density at radius 1 is 1.40 bits per heavy atom. The van der Waals surface area contributed by atoms with Crippen molar-refractivity contribution in [3.63, 3.8) is 0 Å². The summed E-state index contributed by atoms with van der Waals surface area (Å²) in [6.07, 6.45) is 2.71. The molecule has 0 radical (unpaired) electrons. The third kappa shape index (κ3) is 2.49. The quantitative estimate of drug-likeness (QED) is 0.801. The number of hydrogen-bond acceptors (Lipinski definition) is 5. The van der Waals surface area contributed by atoms with Crippen molar-refractivity contribution in [2.75, 3.05) is 4.72 Å². The molecule has 1 aromatic carbocycles. The molecule has 0 saturated heterocycles. The van der Waals surface area contributed by atoms with E-state index in [9.17, 15) is 8.42 Å². The topological polar surface area (TPSA) is 76.9 Å². The van der Waals surface area contributed by atoms with Crippen molar-refractivity contribution >= 4 is 48.3 Å². The monoisotopic (exact) mass is 328 g/mol. The predicted octanol–water partition coefficient (Wildman–Crippen LogP) is 2.48. The van der Waals surface area contributed by atoms with Crippen LogP contribution >= 0.6 is 22.9 Å². The minimum atomic E-state index is -3.67. The van der Waals surface area contributed by atoms with Crippen molar-refractivity contribution in [2.24, 2.45) is 7.05 Å². The van der Waals surface area contributed by atoms with Crippen molar-refractivity contribution < 1.29 is 8.42 Å². The minimum absolute atomic E-state index is 0.0947. The molecule has 2 heterocycles. The molecule has 3 aromatic rings. The largest absolute Gasteiger partial charge is 0.274 e. The summed E-state index contributed by atoms with van der Waals surface area (Å²) >= 11 is 7.12. The molecule has 0 amide bonds. The summed E-state index contributed by atoms with van der Waals surface area (Å²) in [6.45, 7) is 0. The number of sulfonamides is 1. The molecular weight excluding hydrogens is 320 g/mol. The Morgan fingerprint density at radius 3 is 2.90 bits per heavy atom. The number of aryl methyl sites for hydroxylation is 1. The first-order chi connectivity index (χ1) is 9.44. The van der Waals surface area contributed by atoms with Crippen molar-refractivity contribution in [3.05, 3.63) is 35.6 Å². The van der Waals surface area contributed by atoms with Gasteiger partial charge >= 0.3 is 0 Å². The molecule has 0 aliphatic heterocycles. The van der Waals surface area contributed by atoms with E-state index in [1.807, 2.05) is 0 Å². The highest BCUT2D eigenvalue weighted by atomic mass is 35.5. The van der Waals surface area contributed by atoms with Gasteiger partial charge in [-0.2, -0.15) is 5.10 Å². The molecule has 20 heavy (non-hydrogen) atoms. The standard InChI is InChI=1S/C11H9ClN4O2S2/c1-16-6-8(5-13-16)20(17,18)15-11-14-9-3-2-7(12)4-10(9)19-11/h2-6H,1H3,(H,14,15). The molecule has 104 valence electrons. The van der Waals surface area contributed by atoms with Crippen molar-refractivity contribution in [3.8, 4) is 0 Å². The lowest BCUT2D eigenvalue weighted by Gasteiger charge is -2.00. The minimum Gasteiger partial charge on any atom is -0.274 e. The molecule has 0 aliphatic rings. The fourth-order valence-corrected chi connectivity index (χ4v) is 4.01. The van der Waals surface area contributed by atoms with E-state index in [1.54, 1.807) is 25.2 Å². The molecule has 3 rings (SSSR count). The lowest BCUT2D eigenvalue weighted by molar-refractivity contribution is 0.601. The number of thiazole rings is 1. The normalized spacial score (nSPS) is 11.9. The Labute approximate surface area is 124 Å². The van der Waals surface area contributed by atoms with E-state index < -0.39 is 10.0 Å². The van der Waals surface area contributed by atoms with Crippen LogP contribution in [0.3, 0.4) is 0 Å². The van der Waals surface area contributed by atoms with Crippen molar-refractivity contribution in [2.45, 2.75) is 4.90 Å². The van der Waals surface area contributed by atoms with Gasteiger partial charge in [0.15, 0.2) is 5.13 Å². The predicted molar refractivity (Wildman–Crippen MR) is 78.6 cm³/mol. The van der Waals surface area contributed by atoms with Crippen LogP contribution in [0.25, 0.3) is 10.2 Å². The molecule has 0 unspecified atom stereocenters. The molecular formula is C11H9ClN4O2S2. The third-order valence-electron chi connectivity index (χ3n) is 2.56. The third-order valence-corrected chi connectivity index (χ3v) is 5.16. The maximum Gasteiger partial charge on any atom is 0.266 e. The van der Waals surface area contributed by atoms with Gasteiger partial charge in [0, 0.05) is 18.3 Å². The van der Waals surface area contributed by atoms with Crippen molar-refractivity contribution in [1.29, 1.82) is 0 Å². The molecule has 0 aliphatic carbocycles. The van der Waals surface area contributed by atoms with E-state index >= 15 is 0 Å². The first-order valence-electron chi connectivity index (χ1n) is 5.52. The van der Waals surface area contributed by atoms with Gasteiger partial charge in [0.1, 0.15) is 4.90 Å². The van der Waals surface area contributed by atoms with Gasteiger partial charge in [0.05, 0.1) is 16.4 Å². The Bertz CT molecular complexity index is 885. The van der Waals surface area contributed by atoms with Gasteiger partial charge in [-0.25, -0.2) is 13.4 Å². The average molecular weight is 329 g/mol. The van der Waals surface area contributed by atoms with Crippen molar-refractivity contribution in [1.82, 2.24) is 14.8 Å². The van der Waals surface area contributed by atoms with E-state index in [0.717, 1.165) is 4.70 Å². The molecule has 0 saturated carbocycles. The number of rotatable bonds is 3. The number of benzene rings is 1. The summed E-state index contributed by atoms with van der Waals surface area (Å²) < 4.78 is 29.0. The molecule has 0 spiro atoms. The molecule has 6 nitrogen and oxygen atoms in total. The number of nitrogens with zero attached hydrogens (tertiary/aromatic N) is 3. The molecule has 0 bridgehead atoms. The number of anilines is 1. The van der Waals surface area contributed by atoms with Gasteiger partial charge in [-0.1, -0.05) is 22.9 Å². The molecule has 9 heteroatoms. The zero-order valence-corrected chi connectivity index (χ0v) is 12.6. The van der Waals surface area contributed by atoms with Crippen LogP contribution < -0.4 is 4.72 Å². The van der Waals surface area contributed by atoms with Gasteiger partial charge in [-0.3, -0.25) is 9.40 Å². The van der Waals surface area contributed by atoms with Crippen LogP contribution in [-0.4, -0.2) is 23.2 Å². The van der Waals surface area contributed by atoms with Crippen LogP contribution in [-0.2, 0) is 17.1 Å². The molecule has 1 N–H and O–H groups in total. The highest BCUT2D eigenvalue weighted by Gasteiger charge is 2.18. The number of hydrogen-bond donors (Lipinski definition) is 1. The Morgan fingerprint density at radius 2 is 2.20 bits per heavy atom. The number of fused-ring (bicyclic) bond motifs is 1. The van der Waals surface area contributed by atoms with Crippen LogP contribution in [0.2, 0.25) is 5.02 Å². The summed E-state index contributed by atoms with van der Waals surface area (Å²) in [6, 6.07) is 5.20. The first-order valence-corrected chi connectivity index (χ1v) is 8.19. The molecule has 0 atom stereocenters. The lowest BCUT2D eigenvalue weighted by Crippen LogP contribution is -2.11. The van der Waals surface area contributed by atoms with Gasteiger partial charge in [-0.05, 0) is 18.2 Å². The smallest absolute Gasteiger partial charge is 0.266 e. The highest BCUT2D eigenvalue weighted by molar-refractivity contribution is 7.93. The maximum atomic E-state index is 12.1. The van der Waals surface area contributed by atoms with Gasteiger partial charge in [-0.15, -0.1) is 0 Å². The van der Waals surface area contributed by atoms with Gasteiger partial charge in [0.25, 0.3) is 10.0 Å². The summed E-state index contributed by atoms with van der Waals surface area (Å²) in [4.78, 5) is 4.31. The van der Waals surface area contributed by atoms with Crippen LogP contribution in [0.4, 0.5) is 5.13 Å². The maximum absolute atomic E-state index is 12.1. The zero-order chi connectivity index (χ0) is 14.3. The van der Waals surface area contributed by atoms with E-state index in [2.05, 4.69) is 14.8 Å². The van der Waals surface area contributed by atoms with E-state index in [1.165, 1.54) is 28.4 Å². The van der Waals surface area contributed by atoms with Gasteiger partial charge in [0.2, 0.25) is 0 Å². The summed E-state index contributed by atoms with van der Waals surface area (Å²) in [5.41, 5.74) is 0.697. The van der Waals surface area contributed by atoms with E-state index in [-0.39, 0.29) is 4.90 Å². The SMILES string of the molecule is Cn1cc(S(=O)(=O)Nc2nc3ccc(Cl)cc3s2)cn1. The molecule has 2 aromatic heterocycles. The van der Waals surface area contributed by atoms with E-state index in [4.69, 9.17) is 11.6 Å². The van der Waals surface area contributed by atoms with Crippen LogP contribution in [0, 0.1) is 0 Å². The number of nitrogens with one attached hydrogen (secondary N) is 1. The first kappa shape index (κ1) is 13.3. The number of aromatic nitrogens is 3. The second-order valence-corrected chi connectivity index (χ2v) is 7.24. The average Bonchev–Trinajstić information content (AvgIpc) is 2.94. The Hall–Kier alpha value is -1.64. The fourth-order valence-electron chi connectivity index (χ4n) is 1.65. The second kappa shape index (κ2) is 4.72. The van der Waals surface area contributed by atoms with Gasteiger partial charge < -0.3 is 0 Å².